The van der Waals surface area contributed by atoms with Crippen molar-refractivity contribution in [3.63, 3.8) is 0 Å². The van der Waals surface area contributed by atoms with Crippen molar-refractivity contribution in [2.24, 2.45) is 0 Å². The van der Waals surface area contributed by atoms with Gasteiger partial charge < -0.3 is 13.9 Å². The second-order valence-corrected chi connectivity index (χ2v) is 5.06. The molecule has 0 atom stereocenters. The first kappa shape index (κ1) is 14.7. The van der Waals surface area contributed by atoms with Gasteiger partial charge in [-0.25, -0.2) is 0 Å². The Hall–Kier alpha value is -2.23. The minimum Gasteiger partial charge on any atom is -0.460 e. The van der Waals surface area contributed by atoms with E-state index in [0.717, 1.165) is 27.7 Å². The monoisotopic (exact) mass is 314 g/mol. The molecule has 3 nitrogen and oxygen atoms in total. The van der Waals surface area contributed by atoms with Crippen molar-refractivity contribution in [2.45, 2.75) is 12.5 Å². The molecule has 2 aromatic carbocycles. The Bertz CT molecular complexity index is 736. The molecule has 112 valence electrons. The summed E-state index contributed by atoms with van der Waals surface area (Å²) in [6, 6.07) is 19.4. The van der Waals surface area contributed by atoms with Crippen LogP contribution in [-0.4, -0.2) is 5.11 Å². The van der Waals surface area contributed by atoms with Gasteiger partial charge in [-0.3, -0.25) is 0 Å². The topological polar surface area (TPSA) is 46.5 Å². The maximum Gasteiger partial charge on any atom is 0.134 e. The number of alkyl halides is 1. The van der Waals surface area contributed by atoms with Crippen LogP contribution in [0.1, 0.15) is 11.5 Å². The highest BCUT2D eigenvalue weighted by Gasteiger charge is 2.00. The van der Waals surface area contributed by atoms with E-state index in [9.17, 15) is 0 Å². The Kier molecular flexibility index (Phi) is 4.47. The number of hydrogen-bond donors (Lipinski definition) is 1. The van der Waals surface area contributed by atoms with Gasteiger partial charge in [0.15, 0.2) is 0 Å². The third kappa shape index (κ3) is 3.16. The molecule has 0 spiro atoms. The number of fused-ring (bicyclic) bond motifs is 2. The average Bonchev–Trinajstić information content (AvgIpc) is 3.18. The number of benzene rings is 2. The Morgan fingerprint density at radius 1 is 0.773 bits per heavy atom. The zero-order chi connectivity index (χ0) is 15.4. The Labute approximate surface area is 132 Å². The van der Waals surface area contributed by atoms with Crippen LogP contribution in [0.5, 0.6) is 0 Å². The van der Waals surface area contributed by atoms with E-state index in [-0.39, 0.29) is 6.61 Å². The summed E-state index contributed by atoms with van der Waals surface area (Å²) in [7, 11) is 0. The third-order valence-corrected chi connectivity index (χ3v) is 3.50. The molecule has 0 bridgehead atoms. The lowest BCUT2D eigenvalue weighted by molar-refractivity contribution is 0.251. The molecular weight excluding hydrogens is 300 g/mol. The molecule has 0 radical (unpaired) electrons. The Morgan fingerprint density at radius 2 is 1.27 bits per heavy atom. The van der Waals surface area contributed by atoms with Crippen LogP contribution in [-0.2, 0) is 12.5 Å². The van der Waals surface area contributed by atoms with Gasteiger partial charge in [-0.15, -0.1) is 11.6 Å². The predicted octanol–water partition coefficient (Wildman–Crippen LogP) is 5.10. The standard InChI is InChI=1S/C9H7ClO.C9H8O2/c2*10-6-8-5-7-3-1-2-4-9(7)11-8/h1-5H,6H2;1-5,10H,6H2. The fraction of sp³-hybridized carbons (Fsp3) is 0.111. The van der Waals surface area contributed by atoms with Crippen LogP contribution < -0.4 is 0 Å². The van der Waals surface area contributed by atoms with Crippen LogP contribution in [0.2, 0.25) is 0 Å². The van der Waals surface area contributed by atoms with Crippen molar-refractivity contribution < 1.29 is 13.9 Å². The maximum atomic E-state index is 8.74. The summed E-state index contributed by atoms with van der Waals surface area (Å²) in [5.41, 5.74) is 1.74. The van der Waals surface area contributed by atoms with E-state index in [1.165, 1.54) is 0 Å². The average molecular weight is 315 g/mol. The van der Waals surface area contributed by atoms with E-state index in [4.69, 9.17) is 25.5 Å². The Morgan fingerprint density at radius 3 is 1.77 bits per heavy atom. The van der Waals surface area contributed by atoms with Crippen LogP contribution in [0.3, 0.4) is 0 Å². The van der Waals surface area contributed by atoms with Crippen LogP contribution in [0.25, 0.3) is 21.9 Å². The molecular formula is C18H15ClO3. The second-order valence-electron chi connectivity index (χ2n) is 4.79. The first-order chi connectivity index (χ1) is 10.8. The van der Waals surface area contributed by atoms with Gasteiger partial charge in [-0.2, -0.15) is 0 Å². The number of hydrogen-bond acceptors (Lipinski definition) is 3. The summed E-state index contributed by atoms with van der Waals surface area (Å²) < 4.78 is 10.7. The lowest BCUT2D eigenvalue weighted by Crippen LogP contribution is -1.72. The lowest BCUT2D eigenvalue weighted by Gasteiger charge is -1.83. The number of para-hydroxylation sites is 2. The van der Waals surface area contributed by atoms with Gasteiger partial charge in [0, 0.05) is 10.8 Å². The highest BCUT2D eigenvalue weighted by Crippen LogP contribution is 2.19. The number of aliphatic hydroxyl groups excluding tert-OH is 1. The van der Waals surface area contributed by atoms with Crippen molar-refractivity contribution in [1.29, 1.82) is 0 Å². The van der Waals surface area contributed by atoms with Crippen LogP contribution >= 0.6 is 11.6 Å². The molecule has 0 aliphatic heterocycles. The largest absolute Gasteiger partial charge is 0.460 e. The summed E-state index contributed by atoms with van der Waals surface area (Å²) in [6.07, 6.45) is 0. The summed E-state index contributed by atoms with van der Waals surface area (Å²) in [4.78, 5) is 0. The molecule has 0 unspecified atom stereocenters. The van der Waals surface area contributed by atoms with E-state index >= 15 is 0 Å². The van der Waals surface area contributed by atoms with E-state index in [1.807, 2.05) is 60.7 Å². The predicted molar refractivity (Wildman–Crippen MR) is 87.9 cm³/mol. The van der Waals surface area contributed by atoms with Gasteiger partial charge in [0.05, 0.1) is 5.88 Å². The van der Waals surface area contributed by atoms with Crippen molar-refractivity contribution in [3.8, 4) is 0 Å². The summed E-state index contributed by atoms with van der Waals surface area (Å²) in [6.45, 7) is -0.0331. The molecule has 2 heterocycles. The first-order valence-corrected chi connectivity index (χ1v) is 7.45. The fourth-order valence-corrected chi connectivity index (χ4v) is 2.35. The van der Waals surface area contributed by atoms with Crippen molar-refractivity contribution in [3.05, 3.63) is 72.2 Å². The van der Waals surface area contributed by atoms with E-state index in [2.05, 4.69) is 0 Å². The van der Waals surface area contributed by atoms with E-state index < -0.39 is 0 Å². The minimum absolute atomic E-state index is 0.0331. The highest BCUT2D eigenvalue weighted by molar-refractivity contribution is 6.17. The number of halogens is 1. The van der Waals surface area contributed by atoms with Crippen LogP contribution in [0, 0.1) is 0 Å². The normalized spacial score (nSPS) is 10.6. The molecule has 4 heteroatoms. The second kappa shape index (κ2) is 6.69. The van der Waals surface area contributed by atoms with E-state index in [1.54, 1.807) is 0 Å². The number of furan rings is 2. The molecule has 1 N–H and O–H groups in total. The molecule has 0 saturated heterocycles. The summed E-state index contributed by atoms with van der Waals surface area (Å²) >= 11 is 5.60. The quantitative estimate of drug-likeness (QED) is 0.524. The summed E-state index contributed by atoms with van der Waals surface area (Å²) in [5, 5.41) is 10.9. The lowest BCUT2D eigenvalue weighted by atomic mass is 10.2. The number of aliphatic hydroxyl groups is 1. The van der Waals surface area contributed by atoms with Crippen LogP contribution in [0.15, 0.2) is 69.5 Å². The van der Waals surface area contributed by atoms with Crippen molar-refractivity contribution in [1.82, 2.24) is 0 Å². The molecule has 0 aliphatic rings. The van der Waals surface area contributed by atoms with Gasteiger partial charge in [0.25, 0.3) is 0 Å². The third-order valence-electron chi connectivity index (χ3n) is 3.24. The minimum atomic E-state index is -0.0331. The summed E-state index contributed by atoms with van der Waals surface area (Å²) in [5.74, 6) is 1.88. The fourth-order valence-electron chi connectivity index (χ4n) is 2.22. The van der Waals surface area contributed by atoms with Gasteiger partial charge in [-0.1, -0.05) is 36.4 Å². The molecule has 22 heavy (non-hydrogen) atoms. The molecule has 2 aromatic heterocycles. The zero-order valence-corrected chi connectivity index (χ0v) is 12.6. The number of rotatable bonds is 2. The maximum absolute atomic E-state index is 8.74. The van der Waals surface area contributed by atoms with Gasteiger partial charge in [-0.05, 0) is 24.3 Å². The molecule has 0 fully saturated rings. The SMILES string of the molecule is ClCc1cc2ccccc2o1.OCc1cc2ccccc2o1. The van der Waals surface area contributed by atoms with E-state index in [0.29, 0.717) is 11.6 Å². The molecule has 0 aliphatic carbocycles. The first-order valence-electron chi connectivity index (χ1n) is 6.92. The zero-order valence-electron chi connectivity index (χ0n) is 11.8. The van der Waals surface area contributed by atoms with Gasteiger partial charge in [0.1, 0.15) is 29.3 Å². The molecule has 4 rings (SSSR count). The molecule has 4 aromatic rings. The van der Waals surface area contributed by atoms with Gasteiger partial charge >= 0.3 is 0 Å². The van der Waals surface area contributed by atoms with Crippen LogP contribution in [0.4, 0.5) is 0 Å². The van der Waals surface area contributed by atoms with Crippen molar-refractivity contribution >= 4 is 33.5 Å². The molecule has 0 amide bonds. The molecule has 0 saturated carbocycles. The highest BCUT2D eigenvalue weighted by atomic mass is 35.5. The smallest absolute Gasteiger partial charge is 0.134 e. The van der Waals surface area contributed by atoms with Crippen molar-refractivity contribution in [2.75, 3.05) is 0 Å². The Balaban J connectivity index is 0.000000131. The van der Waals surface area contributed by atoms with Gasteiger partial charge in [0.2, 0.25) is 0 Å².